The van der Waals surface area contributed by atoms with Gasteiger partial charge in [0.15, 0.2) is 0 Å². The van der Waals surface area contributed by atoms with Crippen LogP contribution in [-0.2, 0) is 0 Å². The second-order valence-electron chi connectivity index (χ2n) is 2.50. The van der Waals surface area contributed by atoms with E-state index in [0.29, 0.717) is 0 Å². The maximum Gasteiger partial charge on any atom is 0.100 e. The highest BCUT2D eigenvalue weighted by molar-refractivity contribution is 7.11. The van der Waals surface area contributed by atoms with Gasteiger partial charge in [-0.2, -0.15) is 5.26 Å². The van der Waals surface area contributed by atoms with Crippen molar-refractivity contribution in [2.24, 2.45) is 0 Å². The van der Waals surface area contributed by atoms with Crippen LogP contribution in [0.2, 0.25) is 0 Å². The first kappa shape index (κ1) is 9.02. The molecule has 0 aliphatic carbocycles. The van der Waals surface area contributed by atoms with Crippen molar-refractivity contribution in [2.45, 2.75) is 19.8 Å². The fourth-order valence-corrected chi connectivity index (χ4v) is 1.64. The number of hydrogen-bond donors (Lipinski definition) is 0. The van der Waals surface area contributed by atoms with Crippen molar-refractivity contribution in [1.82, 2.24) is 0 Å². The molecule has 62 valence electrons. The fourth-order valence-electron chi connectivity index (χ4n) is 0.922. The predicted octanol–water partition coefficient (Wildman–Crippen LogP) is 3.46. The summed E-state index contributed by atoms with van der Waals surface area (Å²) < 4.78 is 0. The van der Waals surface area contributed by atoms with Gasteiger partial charge in [-0.15, -0.1) is 11.3 Å². The van der Waals surface area contributed by atoms with E-state index in [1.165, 1.54) is 0 Å². The Morgan fingerprint density at radius 2 is 2.58 bits per heavy atom. The second-order valence-corrected chi connectivity index (χ2v) is 3.44. The maximum atomic E-state index is 8.81. The van der Waals surface area contributed by atoms with Gasteiger partial charge >= 0.3 is 0 Å². The van der Waals surface area contributed by atoms with Crippen LogP contribution in [-0.4, -0.2) is 0 Å². The van der Waals surface area contributed by atoms with E-state index in [1.807, 2.05) is 23.6 Å². The Balaban J connectivity index is 2.78. The molecule has 0 atom stereocenters. The summed E-state index contributed by atoms with van der Waals surface area (Å²) in [5.74, 6) is 0. The van der Waals surface area contributed by atoms with Crippen LogP contribution < -0.4 is 0 Å². The lowest BCUT2D eigenvalue weighted by atomic mass is 10.2. The molecule has 0 saturated carbocycles. The maximum absolute atomic E-state index is 8.81. The lowest BCUT2D eigenvalue weighted by molar-refractivity contribution is 0.961. The van der Waals surface area contributed by atoms with Crippen LogP contribution in [0.25, 0.3) is 5.57 Å². The third-order valence-electron chi connectivity index (χ3n) is 1.54. The summed E-state index contributed by atoms with van der Waals surface area (Å²) in [7, 11) is 0. The van der Waals surface area contributed by atoms with Gasteiger partial charge in [0.1, 0.15) is 6.07 Å². The van der Waals surface area contributed by atoms with E-state index in [4.69, 9.17) is 5.26 Å². The van der Waals surface area contributed by atoms with Gasteiger partial charge in [0.25, 0.3) is 0 Å². The molecule has 1 rings (SSSR count). The first-order valence-electron chi connectivity index (χ1n) is 4.02. The zero-order chi connectivity index (χ0) is 8.81. The van der Waals surface area contributed by atoms with E-state index in [2.05, 4.69) is 13.0 Å². The summed E-state index contributed by atoms with van der Waals surface area (Å²) in [4.78, 5) is 1.07. The molecular formula is C10H11NS. The minimum Gasteiger partial charge on any atom is -0.192 e. The molecule has 0 amide bonds. The summed E-state index contributed by atoms with van der Waals surface area (Å²) in [6.07, 6.45) is 4.09. The largest absolute Gasteiger partial charge is 0.192 e. The molecule has 12 heavy (non-hydrogen) atoms. The van der Waals surface area contributed by atoms with Crippen molar-refractivity contribution < 1.29 is 0 Å². The molecular weight excluding hydrogens is 166 g/mol. The molecule has 0 saturated heterocycles. The average Bonchev–Trinajstić information content (AvgIpc) is 2.59. The summed E-state index contributed by atoms with van der Waals surface area (Å²) >= 11 is 1.62. The van der Waals surface area contributed by atoms with Crippen LogP contribution in [0.1, 0.15) is 24.6 Å². The van der Waals surface area contributed by atoms with Crippen LogP contribution in [0.5, 0.6) is 0 Å². The van der Waals surface area contributed by atoms with Crippen molar-refractivity contribution in [2.75, 3.05) is 0 Å². The monoisotopic (exact) mass is 177 g/mol. The van der Waals surface area contributed by atoms with Crippen molar-refractivity contribution in [3.63, 3.8) is 0 Å². The topological polar surface area (TPSA) is 23.8 Å². The van der Waals surface area contributed by atoms with E-state index >= 15 is 0 Å². The van der Waals surface area contributed by atoms with Crippen LogP contribution in [0.4, 0.5) is 0 Å². The molecule has 1 aromatic heterocycles. The molecule has 1 aromatic rings. The number of allylic oxidation sites excluding steroid dienone is 2. The second kappa shape index (κ2) is 4.74. The van der Waals surface area contributed by atoms with Gasteiger partial charge in [0.2, 0.25) is 0 Å². The summed E-state index contributed by atoms with van der Waals surface area (Å²) in [5, 5.41) is 10.8. The molecule has 1 heterocycles. The van der Waals surface area contributed by atoms with Gasteiger partial charge in [-0.1, -0.05) is 25.5 Å². The molecule has 0 bridgehead atoms. The molecule has 0 radical (unpaired) electrons. The highest BCUT2D eigenvalue weighted by Crippen LogP contribution is 2.19. The first-order valence-corrected chi connectivity index (χ1v) is 4.90. The quantitative estimate of drug-likeness (QED) is 0.649. The molecule has 2 heteroatoms. The Morgan fingerprint density at radius 1 is 1.75 bits per heavy atom. The minimum atomic E-state index is 0.812. The number of rotatable bonds is 3. The highest BCUT2D eigenvalue weighted by Gasteiger charge is 1.98. The zero-order valence-electron chi connectivity index (χ0n) is 7.08. The fraction of sp³-hybridized carbons (Fsp3) is 0.300. The predicted molar refractivity (Wildman–Crippen MR) is 52.8 cm³/mol. The van der Waals surface area contributed by atoms with Crippen LogP contribution in [0.15, 0.2) is 23.6 Å². The summed E-state index contributed by atoms with van der Waals surface area (Å²) in [5.41, 5.74) is 0.812. The lowest BCUT2D eigenvalue weighted by Gasteiger charge is -1.91. The minimum absolute atomic E-state index is 0.812. The van der Waals surface area contributed by atoms with Gasteiger partial charge in [-0.25, -0.2) is 0 Å². The van der Waals surface area contributed by atoms with Crippen molar-refractivity contribution in [3.8, 4) is 6.07 Å². The standard InChI is InChI=1S/C10H11NS/c1-2-3-5-9(8-11)10-6-4-7-12-10/h4-7H,2-3H2,1H3/b9-5+. The molecule has 0 aliphatic rings. The molecule has 0 N–H and O–H groups in total. The Hall–Kier alpha value is -1.07. The van der Waals surface area contributed by atoms with E-state index in [1.54, 1.807) is 11.3 Å². The third-order valence-corrected chi connectivity index (χ3v) is 2.45. The van der Waals surface area contributed by atoms with Crippen LogP contribution in [0, 0.1) is 11.3 Å². The highest BCUT2D eigenvalue weighted by atomic mass is 32.1. The van der Waals surface area contributed by atoms with E-state index in [-0.39, 0.29) is 0 Å². The number of unbranched alkanes of at least 4 members (excludes halogenated alkanes) is 1. The normalized spacial score (nSPS) is 11.2. The average molecular weight is 177 g/mol. The van der Waals surface area contributed by atoms with Crippen molar-refractivity contribution in [1.29, 1.82) is 5.26 Å². The Labute approximate surface area is 77.0 Å². The number of hydrogen-bond acceptors (Lipinski definition) is 2. The SMILES string of the molecule is CCC/C=C(\C#N)c1cccs1. The lowest BCUT2D eigenvalue weighted by Crippen LogP contribution is -1.74. The molecule has 0 aliphatic heterocycles. The summed E-state index contributed by atoms with van der Waals surface area (Å²) in [6.45, 7) is 2.11. The van der Waals surface area contributed by atoms with Gasteiger partial charge in [-0.3, -0.25) is 0 Å². The molecule has 0 unspecified atom stereocenters. The molecule has 0 aromatic carbocycles. The summed E-state index contributed by atoms with van der Waals surface area (Å²) in [6, 6.07) is 6.16. The number of nitriles is 1. The van der Waals surface area contributed by atoms with Crippen molar-refractivity contribution >= 4 is 16.9 Å². The third kappa shape index (κ3) is 2.21. The van der Waals surface area contributed by atoms with Gasteiger partial charge in [0.05, 0.1) is 5.57 Å². The van der Waals surface area contributed by atoms with Gasteiger partial charge < -0.3 is 0 Å². The van der Waals surface area contributed by atoms with E-state index in [0.717, 1.165) is 23.3 Å². The zero-order valence-corrected chi connectivity index (χ0v) is 7.90. The molecule has 0 spiro atoms. The first-order chi connectivity index (χ1) is 5.88. The van der Waals surface area contributed by atoms with Gasteiger partial charge in [0, 0.05) is 4.88 Å². The Kier molecular flexibility index (Phi) is 3.56. The Morgan fingerprint density at radius 3 is 3.08 bits per heavy atom. The molecule has 0 fully saturated rings. The van der Waals surface area contributed by atoms with Crippen molar-refractivity contribution in [3.05, 3.63) is 28.5 Å². The Bertz CT molecular complexity index is 290. The van der Waals surface area contributed by atoms with Crippen LogP contribution >= 0.6 is 11.3 Å². The van der Waals surface area contributed by atoms with E-state index in [9.17, 15) is 0 Å². The van der Waals surface area contributed by atoms with E-state index < -0.39 is 0 Å². The number of nitrogens with zero attached hydrogens (tertiary/aromatic N) is 1. The number of thiophene rings is 1. The van der Waals surface area contributed by atoms with Gasteiger partial charge in [-0.05, 0) is 17.9 Å². The smallest absolute Gasteiger partial charge is 0.100 e. The molecule has 1 nitrogen and oxygen atoms in total. The van der Waals surface area contributed by atoms with Crippen LogP contribution in [0.3, 0.4) is 0 Å².